The Bertz CT molecular complexity index is 623. The number of halogens is 1. The lowest BCUT2D eigenvalue weighted by atomic mass is 9.90. The number of carbonyl (C=O) groups excluding carboxylic acids is 1. The smallest absolute Gasteiger partial charge is 0.256 e. The van der Waals surface area contributed by atoms with Crippen molar-refractivity contribution in [1.29, 1.82) is 0 Å². The first-order chi connectivity index (χ1) is 11.7. The number of β-amino-alcohol motifs (C(OH)–C–C–N with tert-alkyl or cyclic N) is 1. The average molecular weight is 354 g/mol. The molecule has 0 radical (unpaired) electrons. The Hall–Kier alpha value is -1.70. The van der Waals surface area contributed by atoms with Crippen molar-refractivity contribution in [1.82, 2.24) is 10.2 Å². The number of methoxy groups -OCH3 is 1. The number of hydrogen-bond acceptors (Lipinski definition) is 5. The minimum Gasteiger partial charge on any atom is -0.497 e. The Morgan fingerprint density at radius 3 is 2.80 bits per heavy atom. The summed E-state index contributed by atoms with van der Waals surface area (Å²) in [5.41, 5.74) is -1.81. The number of nitrogens with zero attached hydrogens (tertiary/aromatic N) is 1. The van der Waals surface area contributed by atoms with Crippen LogP contribution >= 0.6 is 0 Å². The molecule has 0 aromatic heterocycles. The third-order valence-electron chi connectivity index (χ3n) is 4.57. The van der Waals surface area contributed by atoms with Crippen LogP contribution in [0.1, 0.15) is 32.3 Å². The van der Waals surface area contributed by atoms with Gasteiger partial charge in [0.05, 0.1) is 13.7 Å². The maximum Gasteiger partial charge on any atom is 0.256 e. The molecule has 3 N–H and O–H groups in total. The summed E-state index contributed by atoms with van der Waals surface area (Å²) in [5.74, 6) is -0.327. The van der Waals surface area contributed by atoms with Crippen LogP contribution in [0.3, 0.4) is 0 Å². The molecule has 25 heavy (non-hydrogen) atoms. The van der Waals surface area contributed by atoms with Gasteiger partial charge in [-0.1, -0.05) is 0 Å². The first kappa shape index (κ1) is 19.6. The highest BCUT2D eigenvalue weighted by Crippen LogP contribution is 2.26. The van der Waals surface area contributed by atoms with E-state index in [1.165, 1.54) is 24.1 Å². The quantitative estimate of drug-likeness (QED) is 0.682. The summed E-state index contributed by atoms with van der Waals surface area (Å²) < 4.78 is 19.1. The maximum absolute atomic E-state index is 14.0. The van der Waals surface area contributed by atoms with E-state index < -0.39 is 22.9 Å². The van der Waals surface area contributed by atoms with Crippen LogP contribution in [0, 0.1) is 5.82 Å². The molecule has 1 aromatic carbocycles. The number of hydrogen-bond donors (Lipinski definition) is 3. The fraction of sp³-hybridized carbons (Fsp3) is 0.611. The van der Waals surface area contributed by atoms with Crippen LogP contribution in [0.25, 0.3) is 0 Å². The third-order valence-corrected chi connectivity index (χ3v) is 4.57. The van der Waals surface area contributed by atoms with E-state index in [0.717, 1.165) is 0 Å². The van der Waals surface area contributed by atoms with Crippen molar-refractivity contribution in [3.63, 3.8) is 0 Å². The summed E-state index contributed by atoms with van der Waals surface area (Å²) in [5, 5.41) is 23.1. The second-order valence-corrected chi connectivity index (χ2v) is 7.21. The van der Waals surface area contributed by atoms with Crippen LogP contribution in [0.2, 0.25) is 0 Å². The lowest BCUT2D eigenvalue weighted by Gasteiger charge is -2.40. The van der Waals surface area contributed by atoms with Crippen molar-refractivity contribution in [3.05, 3.63) is 29.6 Å². The van der Waals surface area contributed by atoms with E-state index >= 15 is 0 Å². The second-order valence-electron chi connectivity index (χ2n) is 7.21. The number of rotatable bonds is 7. The van der Waals surface area contributed by atoms with Crippen LogP contribution in [0.4, 0.5) is 4.39 Å². The number of ether oxygens (including phenoxy) is 1. The molecular formula is C18H27FN2O4. The van der Waals surface area contributed by atoms with Gasteiger partial charge in [-0.15, -0.1) is 0 Å². The standard InChI is InChI=1S/C18H27FN2O4/c1-17(2,12-22)20-11-18(24)7-4-8-21(16(18)23)10-13-9-14(25-3)5-6-15(13)19/h5-6,9,20,22,24H,4,7-8,10-12H2,1-3H3. The molecular weight excluding hydrogens is 327 g/mol. The summed E-state index contributed by atoms with van der Waals surface area (Å²) in [4.78, 5) is 14.2. The van der Waals surface area contributed by atoms with Gasteiger partial charge < -0.3 is 25.2 Å². The van der Waals surface area contributed by atoms with Gasteiger partial charge in [0.15, 0.2) is 5.60 Å². The predicted molar refractivity (Wildman–Crippen MR) is 91.7 cm³/mol. The number of amides is 1. The lowest BCUT2D eigenvalue weighted by molar-refractivity contribution is -0.157. The number of aliphatic hydroxyl groups is 2. The Kier molecular flexibility index (Phi) is 6.03. The zero-order valence-electron chi connectivity index (χ0n) is 15.0. The summed E-state index contributed by atoms with van der Waals surface area (Å²) in [6, 6.07) is 4.39. The van der Waals surface area contributed by atoms with Crippen LogP contribution < -0.4 is 10.1 Å². The number of benzene rings is 1. The van der Waals surface area contributed by atoms with Gasteiger partial charge in [0.25, 0.3) is 5.91 Å². The molecule has 1 aliphatic rings. The van der Waals surface area contributed by atoms with E-state index in [1.807, 2.05) is 0 Å². The van der Waals surface area contributed by atoms with Crippen molar-refractivity contribution < 1.29 is 24.1 Å². The Morgan fingerprint density at radius 2 is 2.16 bits per heavy atom. The van der Waals surface area contributed by atoms with Crippen molar-refractivity contribution in [2.45, 2.75) is 44.4 Å². The van der Waals surface area contributed by atoms with Crippen LogP contribution in [0.15, 0.2) is 18.2 Å². The summed E-state index contributed by atoms with van der Waals surface area (Å²) in [6.07, 6.45) is 0.951. The molecule has 0 saturated carbocycles. The zero-order chi connectivity index (χ0) is 18.7. The SMILES string of the molecule is COc1ccc(F)c(CN2CCCC(O)(CNC(C)(C)CO)C2=O)c1. The Morgan fingerprint density at radius 1 is 1.44 bits per heavy atom. The van der Waals surface area contributed by atoms with Gasteiger partial charge in [0, 0.05) is 30.7 Å². The minimum atomic E-state index is -1.56. The van der Waals surface area contributed by atoms with Gasteiger partial charge in [-0.2, -0.15) is 0 Å². The average Bonchev–Trinajstić information content (AvgIpc) is 2.59. The minimum absolute atomic E-state index is 0.0382. The monoisotopic (exact) mass is 354 g/mol. The predicted octanol–water partition coefficient (Wildman–Crippen LogP) is 1.05. The number of piperidine rings is 1. The number of likely N-dealkylation sites (tertiary alicyclic amines) is 1. The zero-order valence-corrected chi connectivity index (χ0v) is 15.0. The van der Waals surface area contributed by atoms with Crippen molar-refractivity contribution in [2.75, 3.05) is 26.8 Å². The van der Waals surface area contributed by atoms with Gasteiger partial charge in [0.1, 0.15) is 11.6 Å². The van der Waals surface area contributed by atoms with Crippen molar-refractivity contribution in [2.24, 2.45) is 0 Å². The first-order valence-corrected chi connectivity index (χ1v) is 8.41. The van der Waals surface area contributed by atoms with E-state index in [2.05, 4.69) is 5.32 Å². The Balaban J connectivity index is 2.11. The van der Waals surface area contributed by atoms with E-state index in [0.29, 0.717) is 30.7 Å². The largest absolute Gasteiger partial charge is 0.497 e. The molecule has 0 bridgehead atoms. The second kappa shape index (κ2) is 7.68. The maximum atomic E-state index is 14.0. The highest BCUT2D eigenvalue weighted by atomic mass is 19.1. The molecule has 0 spiro atoms. The fourth-order valence-corrected chi connectivity index (χ4v) is 2.83. The van der Waals surface area contributed by atoms with Gasteiger partial charge in [-0.05, 0) is 44.9 Å². The molecule has 1 fully saturated rings. The normalized spacial score (nSPS) is 21.5. The first-order valence-electron chi connectivity index (χ1n) is 8.41. The van der Waals surface area contributed by atoms with Gasteiger partial charge in [-0.3, -0.25) is 4.79 Å². The van der Waals surface area contributed by atoms with Crippen molar-refractivity contribution >= 4 is 5.91 Å². The van der Waals surface area contributed by atoms with E-state index in [4.69, 9.17) is 4.74 Å². The fourth-order valence-electron chi connectivity index (χ4n) is 2.83. The molecule has 1 aliphatic heterocycles. The van der Waals surface area contributed by atoms with Crippen LogP contribution in [-0.2, 0) is 11.3 Å². The van der Waals surface area contributed by atoms with Gasteiger partial charge >= 0.3 is 0 Å². The van der Waals surface area contributed by atoms with Gasteiger partial charge in [0.2, 0.25) is 0 Å². The molecule has 6 nitrogen and oxygen atoms in total. The molecule has 1 unspecified atom stereocenters. The molecule has 7 heteroatoms. The highest BCUT2D eigenvalue weighted by molar-refractivity contribution is 5.86. The number of nitrogens with one attached hydrogen (secondary N) is 1. The van der Waals surface area contributed by atoms with E-state index in [9.17, 15) is 19.4 Å². The summed E-state index contributed by atoms with van der Waals surface area (Å²) >= 11 is 0. The number of aliphatic hydroxyl groups excluding tert-OH is 1. The molecule has 1 heterocycles. The van der Waals surface area contributed by atoms with Gasteiger partial charge in [-0.25, -0.2) is 4.39 Å². The van der Waals surface area contributed by atoms with Crippen LogP contribution in [-0.4, -0.2) is 59.0 Å². The summed E-state index contributed by atoms with van der Waals surface area (Å²) in [6.45, 7) is 4.03. The summed E-state index contributed by atoms with van der Waals surface area (Å²) in [7, 11) is 1.50. The van der Waals surface area contributed by atoms with Crippen LogP contribution in [0.5, 0.6) is 5.75 Å². The van der Waals surface area contributed by atoms with E-state index in [1.54, 1.807) is 19.9 Å². The third kappa shape index (κ3) is 4.68. The molecule has 1 aromatic rings. The highest BCUT2D eigenvalue weighted by Gasteiger charge is 2.42. The lowest BCUT2D eigenvalue weighted by Crippen LogP contribution is -2.60. The molecule has 0 aliphatic carbocycles. The van der Waals surface area contributed by atoms with Crippen molar-refractivity contribution in [3.8, 4) is 5.75 Å². The topological polar surface area (TPSA) is 82.0 Å². The molecule has 1 amide bonds. The molecule has 1 atom stereocenters. The molecule has 2 rings (SSSR count). The Labute approximate surface area is 147 Å². The molecule has 140 valence electrons. The van der Waals surface area contributed by atoms with E-state index in [-0.39, 0.29) is 19.7 Å². The number of carbonyl (C=O) groups is 1. The molecule has 1 saturated heterocycles.